The minimum Gasteiger partial charge on any atom is -0.494 e. The standard InChI is InChI=1S/C36H29Cl2FN4O4.CH4/c1-3-47-21-7-4-6-19(13-21)17-42-30-16-29-24-12-18(2)23(34(44)45)15-27(24)41-43(29)33(30)31(22-8-5-9-26(38)32(22)39)36(42)25-11-10-20(37)14-28(25)40-35(36)46;/h4-15,30-31,33H,3,16-17H2,1-2H3,(H,40,46)(H,44,45);1H4/t30-,31-,33+,36+;/m0./s1. The van der Waals surface area contributed by atoms with E-state index in [2.05, 4.69) is 10.2 Å². The number of rotatable bonds is 6. The molecule has 3 aliphatic heterocycles. The van der Waals surface area contributed by atoms with Crippen LogP contribution in [0, 0.1) is 12.7 Å². The summed E-state index contributed by atoms with van der Waals surface area (Å²) < 4.78 is 24.1. The lowest BCUT2D eigenvalue weighted by atomic mass is 9.73. The number of carbonyl (C=O) groups is 2. The van der Waals surface area contributed by atoms with E-state index in [4.69, 9.17) is 33.0 Å². The molecule has 48 heavy (non-hydrogen) atoms. The number of carboxylic acid groups (broad SMARTS) is 1. The van der Waals surface area contributed by atoms with Crippen LogP contribution in [0.4, 0.5) is 10.1 Å². The summed E-state index contributed by atoms with van der Waals surface area (Å²) in [7, 11) is 0. The zero-order valence-corrected chi connectivity index (χ0v) is 26.9. The molecule has 8 rings (SSSR count). The second-order valence-electron chi connectivity index (χ2n) is 12.4. The van der Waals surface area contributed by atoms with Gasteiger partial charge in [-0.2, -0.15) is 5.10 Å². The fourth-order valence-corrected chi connectivity index (χ4v) is 8.57. The number of fused-ring (bicyclic) bond motifs is 7. The first-order chi connectivity index (χ1) is 22.6. The largest absolute Gasteiger partial charge is 0.494 e. The molecule has 0 radical (unpaired) electrons. The molecule has 4 heterocycles. The van der Waals surface area contributed by atoms with E-state index in [1.54, 1.807) is 37.3 Å². The minimum absolute atomic E-state index is 0. The molecule has 8 nitrogen and oxygen atoms in total. The number of anilines is 1. The number of aryl methyl sites for hydroxylation is 1. The summed E-state index contributed by atoms with van der Waals surface area (Å²) in [6, 6.07) is 20.6. The van der Waals surface area contributed by atoms with Crippen LogP contribution in [0.3, 0.4) is 0 Å². The number of nitrogens with one attached hydrogen (secondary N) is 1. The predicted octanol–water partition coefficient (Wildman–Crippen LogP) is 8.14. The number of halogens is 3. The van der Waals surface area contributed by atoms with E-state index < -0.39 is 29.3 Å². The molecule has 1 fully saturated rings. The Morgan fingerprint density at radius 3 is 2.69 bits per heavy atom. The summed E-state index contributed by atoms with van der Waals surface area (Å²) in [5, 5.41) is 19.1. The van der Waals surface area contributed by atoms with Gasteiger partial charge in [0.05, 0.1) is 28.8 Å². The van der Waals surface area contributed by atoms with Gasteiger partial charge in [-0.1, -0.05) is 61.0 Å². The van der Waals surface area contributed by atoms with Crippen LogP contribution in [-0.2, 0) is 23.3 Å². The minimum atomic E-state index is -1.37. The lowest BCUT2D eigenvalue weighted by Crippen LogP contribution is -2.52. The number of amides is 1. The molecule has 3 aliphatic rings. The van der Waals surface area contributed by atoms with Crippen LogP contribution in [-0.4, -0.2) is 44.3 Å². The van der Waals surface area contributed by atoms with Crippen molar-refractivity contribution in [2.45, 2.75) is 57.8 Å². The number of likely N-dealkylation sites (tertiary alicyclic amines) is 1. The number of ether oxygens (including phenoxy) is 1. The van der Waals surface area contributed by atoms with Gasteiger partial charge in [-0.15, -0.1) is 0 Å². The van der Waals surface area contributed by atoms with Gasteiger partial charge in [0.2, 0.25) is 5.91 Å². The van der Waals surface area contributed by atoms with E-state index in [0.717, 1.165) is 16.6 Å². The summed E-state index contributed by atoms with van der Waals surface area (Å²) in [4.78, 5) is 28.9. The van der Waals surface area contributed by atoms with E-state index in [-0.39, 0.29) is 30.0 Å². The molecule has 5 aromatic rings. The molecule has 0 bridgehead atoms. The number of carbonyl (C=O) groups excluding carboxylic acids is 1. The van der Waals surface area contributed by atoms with Crippen molar-refractivity contribution in [3.63, 3.8) is 0 Å². The Bertz CT molecular complexity index is 2150. The van der Waals surface area contributed by atoms with Gasteiger partial charge in [-0.05, 0) is 73.0 Å². The second kappa shape index (κ2) is 11.6. The number of hydrogen-bond donors (Lipinski definition) is 2. The molecular weight excluding hydrogens is 654 g/mol. The van der Waals surface area contributed by atoms with Crippen molar-refractivity contribution in [2.24, 2.45) is 0 Å². The van der Waals surface area contributed by atoms with Crippen LogP contribution < -0.4 is 10.1 Å². The third kappa shape index (κ3) is 4.48. The first kappa shape index (κ1) is 32.1. The maximum absolute atomic E-state index is 16.4. The average molecular weight is 688 g/mol. The first-order valence-electron chi connectivity index (χ1n) is 15.4. The maximum atomic E-state index is 16.4. The van der Waals surface area contributed by atoms with E-state index >= 15 is 4.39 Å². The van der Waals surface area contributed by atoms with E-state index in [1.807, 2.05) is 48.0 Å². The molecule has 1 spiro atoms. The van der Waals surface area contributed by atoms with Crippen LogP contribution in [0.5, 0.6) is 5.75 Å². The zero-order valence-electron chi connectivity index (χ0n) is 25.4. The van der Waals surface area contributed by atoms with E-state index in [0.29, 0.717) is 58.2 Å². The summed E-state index contributed by atoms with van der Waals surface area (Å²) in [6.45, 7) is 4.55. The summed E-state index contributed by atoms with van der Waals surface area (Å²) in [5.74, 6) is -1.99. The van der Waals surface area contributed by atoms with Crippen LogP contribution in [0.25, 0.3) is 10.9 Å². The second-order valence-corrected chi connectivity index (χ2v) is 13.2. The molecule has 1 saturated heterocycles. The molecular formula is C37H33Cl2FN4O4. The molecule has 0 aliphatic carbocycles. The SMILES string of the molecule is C.CCOc1cccc(CN2[C@H]3Cc4c5cc(C)c(C(=O)O)cc5nn4[C@H]3[C@H](c3cccc(Cl)c3F)[C@]23C(=O)Nc2cc(Cl)ccc23)c1. The number of benzene rings is 4. The van der Waals surface area contributed by atoms with Crippen molar-refractivity contribution in [3.05, 3.63) is 122 Å². The van der Waals surface area contributed by atoms with Crippen molar-refractivity contribution in [2.75, 3.05) is 11.9 Å². The van der Waals surface area contributed by atoms with Gasteiger partial charge in [0.25, 0.3) is 0 Å². The van der Waals surface area contributed by atoms with Crippen LogP contribution >= 0.6 is 23.2 Å². The topological polar surface area (TPSA) is 96.7 Å². The third-order valence-corrected chi connectivity index (χ3v) is 10.5. The highest BCUT2D eigenvalue weighted by atomic mass is 35.5. The summed E-state index contributed by atoms with van der Waals surface area (Å²) in [6.07, 6.45) is 0.495. The number of carboxylic acids is 1. The Balaban J connectivity index is 0.00000364. The Hall–Kier alpha value is -4.44. The first-order valence-corrected chi connectivity index (χ1v) is 16.2. The van der Waals surface area contributed by atoms with Gasteiger partial charge in [-0.3, -0.25) is 14.4 Å². The van der Waals surface area contributed by atoms with Crippen LogP contribution in [0.15, 0.2) is 72.8 Å². The fraction of sp³-hybridized carbons (Fsp3) is 0.270. The fourth-order valence-electron chi connectivity index (χ4n) is 8.21. The van der Waals surface area contributed by atoms with Gasteiger partial charge in [0, 0.05) is 52.3 Å². The monoisotopic (exact) mass is 686 g/mol. The Kier molecular flexibility index (Phi) is 7.77. The molecule has 1 aromatic heterocycles. The smallest absolute Gasteiger partial charge is 0.336 e. The zero-order chi connectivity index (χ0) is 32.8. The van der Waals surface area contributed by atoms with Crippen molar-refractivity contribution < 1.29 is 23.8 Å². The molecule has 2 N–H and O–H groups in total. The van der Waals surface area contributed by atoms with Crippen LogP contribution in [0.2, 0.25) is 10.0 Å². The Morgan fingerprint density at radius 2 is 1.92 bits per heavy atom. The Morgan fingerprint density at radius 1 is 1.12 bits per heavy atom. The normalized spacial score (nSPS) is 22.4. The van der Waals surface area contributed by atoms with Gasteiger partial charge in [-0.25, -0.2) is 9.18 Å². The molecule has 246 valence electrons. The van der Waals surface area contributed by atoms with Crippen molar-refractivity contribution in [1.29, 1.82) is 0 Å². The highest BCUT2D eigenvalue weighted by molar-refractivity contribution is 6.31. The number of nitrogens with zero attached hydrogens (tertiary/aromatic N) is 3. The molecule has 0 saturated carbocycles. The lowest BCUT2D eigenvalue weighted by Gasteiger charge is -2.40. The van der Waals surface area contributed by atoms with Gasteiger partial charge in [0.15, 0.2) is 0 Å². The molecule has 11 heteroatoms. The molecule has 0 unspecified atom stereocenters. The molecule has 4 atom stereocenters. The highest BCUT2D eigenvalue weighted by Crippen LogP contribution is 2.64. The summed E-state index contributed by atoms with van der Waals surface area (Å²) in [5.41, 5.74) is 3.33. The van der Waals surface area contributed by atoms with Crippen molar-refractivity contribution in [1.82, 2.24) is 14.7 Å². The maximum Gasteiger partial charge on any atom is 0.336 e. The lowest BCUT2D eigenvalue weighted by molar-refractivity contribution is -0.128. The molecule has 4 aromatic carbocycles. The third-order valence-electron chi connectivity index (χ3n) is 9.97. The van der Waals surface area contributed by atoms with Gasteiger partial charge >= 0.3 is 5.97 Å². The van der Waals surface area contributed by atoms with Gasteiger partial charge < -0.3 is 15.2 Å². The van der Waals surface area contributed by atoms with E-state index in [9.17, 15) is 14.7 Å². The Labute approximate surface area is 287 Å². The number of hydrogen-bond acceptors (Lipinski definition) is 5. The van der Waals surface area contributed by atoms with Crippen LogP contribution in [0.1, 0.15) is 64.6 Å². The number of aromatic carboxylic acids is 1. The number of aromatic nitrogens is 2. The average Bonchev–Trinajstić information content (AvgIpc) is 3.72. The quantitative estimate of drug-likeness (QED) is 0.187. The van der Waals surface area contributed by atoms with Crippen molar-refractivity contribution in [3.8, 4) is 5.75 Å². The van der Waals surface area contributed by atoms with Gasteiger partial charge in [0.1, 0.15) is 17.1 Å². The summed E-state index contributed by atoms with van der Waals surface area (Å²) >= 11 is 12.9. The molecule has 1 amide bonds. The predicted molar refractivity (Wildman–Crippen MR) is 184 cm³/mol. The highest BCUT2D eigenvalue weighted by Gasteiger charge is 2.69. The van der Waals surface area contributed by atoms with E-state index in [1.165, 1.54) is 6.07 Å². The van der Waals surface area contributed by atoms with Crippen molar-refractivity contribution >= 4 is 51.7 Å².